The van der Waals surface area contributed by atoms with Crippen LogP contribution in [0.15, 0.2) is 53.9 Å². The van der Waals surface area contributed by atoms with Gasteiger partial charge in [-0.1, -0.05) is 48.5 Å². The van der Waals surface area contributed by atoms with Gasteiger partial charge in [0.05, 0.1) is 6.54 Å². The first kappa shape index (κ1) is 24.4. The number of carboxylic acids is 1. The minimum absolute atomic E-state index is 0.0626. The molecule has 3 N–H and O–H groups in total. The molecule has 1 heterocycles. The van der Waals surface area contributed by atoms with Gasteiger partial charge >= 0.3 is 12.1 Å². The van der Waals surface area contributed by atoms with Gasteiger partial charge < -0.3 is 25.4 Å². The monoisotopic (exact) mass is 494 g/mol. The number of fused-ring (bicyclic) bond motifs is 3. The molecule has 0 radical (unpaired) electrons. The van der Waals surface area contributed by atoms with Gasteiger partial charge in [-0.2, -0.15) is 0 Å². The third kappa shape index (κ3) is 5.67. The van der Waals surface area contributed by atoms with Gasteiger partial charge in [0, 0.05) is 17.8 Å². The van der Waals surface area contributed by atoms with Gasteiger partial charge in [-0.3, -0.25) is 4.79 Å². The van der Waals surface area contributed by atoms with E-state index in [-0.39, 0.29) is 31.3 Å². The fourth-order valence-corrected chi connectivity index (χ4v) is 4.83. The van der Waals surface area contributed by atoms with E-state index in [1.54, 1.807) is 19.0 Å². The molecule has 0 spiro atoms. The number of carboxylic acid groups (broad SMARTS) is 1. The Morgan fingerprint density at radius 2 is 1.71 bits per heavy atom. The number of aromatic nitrogens is 1. The van der Waals surface area contributed by atoms with Crippen molar-refractivity contribution in [2.75, 3.05) is 27.2 Å². The van der Waals surface area contributed by atoms with E-state index in [0.29, 0.717) is 5.01 Å². The van der Waals surface area contributed by atoms with Gasteiger partial charge in [-0.05, 0) is 36.3 Å². The molecule has 10 heteroatoms. The number of thiazole rings is 1. The number of hydrogen-bond acceptors (Lipinski definition) is 7. The van der Waals surface area contributed by atoms with Crippen LogP contribution in [0.4, 0.5) is 4.79 Å². The maximum atomic E-state index is 12.8. The molecular weight excluding hydrogens is 468 g/mol. The molecule has 4 rings (SSSR count). The zero-order valence-corrected chi connectivity index (χ0v) is 20.2. The van der Waals surface area contributed by atoms with Crippen LogP contribution < -0.4 is 10.6 Å². The first-order valence-electron chi connectivity index (χ1n) is 11.0. The molecule has 3 aromatic rings. The highest BCUT2D eigenvalue weighted by Crippen LogP contribution is 2.44. The molecule has 0 fully saturated rings. The number of carbonyl (C=O) groups is 3. The van der Waals surface area contributed by atoms with E-state index in [9.17, 15) is 14.4 Å². The maximum absolute atomic E-state index is 12.8. The van der Waals surface area contributed by atoms with Gasteiger partial charge in [0.1, 0.15) is 17.7 Å². The number of nitrogens with one attached hydrogen (secondary N) is 2. The average Bonchev–Trinajstić information content (AvgIpc) is 3.44. The lowest BCUT2D eigenvalue weighted by molar-refractivity contribution is -0.123. The van der Waals surface area contributed by atoms with Crippen molar-refractivity contribution < 1.29 is 24.2 Å². The number of rotatable bonds is 9. The van der Waals surface area contributed by atoms with Crippen molar-refractivity contribution >= 4 is 29.3 Å². The zero-order chi connectivity index (χ0) is 24.9. The maximum Gasteiger partial charge on any atom is 0.407 e. The van der Waals surface area contributed by atoms with E-state index in [1.807, 2.05) is 36.4 Å². The largest absolute Gasteiger partial charge is 0.476 e. The summed E-state index contributed by atoms with van der Waals surface area (Å²) in [6.07, 6.45) is -0.684. The van der Waals surface area contributed by atoms with Crippen molar-refractivity contribution in [1.29, 1.82) is 0 Å². The number of ether oxygens (including phenoxy) is 1. The molecule has 1 aliphatic carbocycles. The van der Waals surface area contributed by atoms with Crippen molar-refractivity contribution in [3.8, 4) is 11.1 Å². The van der Waals surface area contributed by atoms with E-state index < -0.39 is 24.0 Å². The second-order valence-electron chi connectivity index (χ2n) is 8.43. The molecular formula is C25H26N4O5S. The van der Waals surface area contributed by atoms with E-state index in [1.165, 1.54) is 5.38 Å². The van der Waals surface area contributed by atoms with Crippen molar-refractivity contribution in [1.82, 2.24) is 20.5 Å². The molecule has 1 unspecified atom stereocenters. The Bertz CT molecular complexity index is 1200. The Morgan fingerprint density at radius 3 is 2.29 bits per heavy atom. The minimum Gasteiger partial charge on any atom is -0.476 e. The van der Waals surface area contributed by atoms with Crippen LogP contribution in [0.5, 0.6) is 0 Å². The van der Waals surface area contributed by atoms with Crippen LogP contribution in [0.3, 0.4) is 0 Å². The standard InChI is InChI=1S/C25H26N4O5S/c1-29(2)12-20(23(30)26-11-22-27-21(14-35-22)24(31)32)28-25(33)34-13-19-17-9-5-3-7-15(17)16-8-4-6-10-18(16)19/h3-10,14,19-20H,11-13H2,1-2H3,(H,26,30)(H,28,33)(H,31,32). The third-order valence-electron chi connectivity index (χ3n) is 5.68. The van der Waals surface area contributed by atoms with Crippen molar-refractivity contribution in [3.05, 3.63) is 75.7 Å². The molecule has 2 aromatic carbocycles. The van der Waals surface area contributed by atoms with Crippen LogP contribution in [-0.4, -0.2) is 66.2 Å². The summed E-state index contributed by atoms with van der Waals surface area (Å²) in [6.45, 7) is 0.467. The summed E-state index contributed by atoms with van der Waals surface area (Å²) < 4.78 is 5.57. The average molecular weight is 495 g/mol. The lowest BCUT2D eigenvalue weighted by Crippen LogP contribution is -2.51. The number of nitrogens with zero attached hydrogens (tertiary/aromatic N) is 2. The fraction of sp³-hybridized carbons (Fsp3) is 0.280. The number of carbonyl (C=O) groups excluding carboxylic acids is 2. The lowest BCUT2D eigenvalue weighted by Gasteiger charge is -2.22. The molecule has 35 heavy (non-hydrogen) atoms. The van der Waals surface area contributed by atoms with Crippen molar-refractivity contribution in [3.63, 3.8) is 0 Å². The van der Waals surface area contributed by atoms with Crippen LogP contribution in [-0.2, 0) is 16.1 Å². The molecule has 1 atom stereocenters. The predicted octanol–water partition coefficient (Wildman–Crippen LogP) is 2.93. The van der Waals surface area contributed by atoms with Crippen LogP contribution >= 0.6 is 11.3 Å². The number of alkyl carbamates (subject to hydrolysis) is 1. The third-order valence-corrected chi connectivity index (χ3v) is 6.53. The van der Waals surface area contributed by atoms with Crippen LogP contribution in [0.1, 0.15) is 32.5 Å². The van der Waals surface area contributed by atoms with E-state index in [2.05, 4.69) is 27.8 Å². The van der Waals surface area contributed by atoms with E-state index in [0.717, 1.165) is 33.6 Å². The lowest BCUT2D eigenvalue weighted by atomic mass is 9.98. The molecule has 0 saturated heterocycles. The smallest absolute Gasteiger partial charge is 0.407 e. The molecule has 1 aromatic heterocycles. The summed E-state index contributed by atoms with van der Waals surface area (Å²) in [7, 11) is 3.58. The molecule has 0 aliphatic heterocycles. The van der Waals surface area contributed by atoms with Crippen molar-refractivity contribution in [2.24, 2.45) is 0 Å². The predicted molar refractivity (Wildman–Crippen MR) is 131 cm³/mol. The highest BCUT2D eigenvalue weighted by Gasteiger charge is 2.30. The normalized spacial score (nSPS) is 13.1. The van der Waals surface area contributed by atoms with Gasteiger partial charge in [-0.15, -0.1) is 11.3 Å². The highest BCUT2D eigenvalue weighted by molar-refractivity contribution is 7.09. The molecule has 1 aliphatic rings. The number of aromatic carboxylic acids is 1. The Hall–Kier alpha value is -3.76. The molecule has 0 saturated carbocycles. The van der Waals surface area contributed by atoms with Gasteiger partial charge in [0.15, 0.2) is 5.69 Å². The van der Waals surface area contributed by atoms with Gasteiger partial charge in [0.2, 0.25) is 5.91 Å². The summed E-state index contributed by atoms with van der Waals surface area (Å²) in [4.78, 5) is 42.2. The Morgan fingerprint density at radius 1 is 1.09 bits per heavy atom. The second-order valence-corrected chi connectivity index (χ2v) is 9.38. The zero-order valence-electron chi connectivity index (χ0n) is 19.4. The number of hydrogen-bond donors (Lipinski definition) is 3. The Kier molecular flexibility index (Phi) is 7.42. The van der Waals surface area contributed by atoms with Crippen LogP contribution in [0.2, 0.25) is 0 Å². The summed E-state index contributed by atoms with van der Waals surface area (Å²) in [5.41, 5.74) is 4.41. The number of likely N-dealkylation sites (N-methyl/N-ethyl adjacent to an activating group) is 1. The molecule has 0 bridgehead atoms. The SMILES string of the molecule is CN(C)CC(NC(=O)OCC1c2ccccc2-c2ccccc21)C(=O)NCc1nc(C(=O)O)cs1. The summed E-state index contributed by atoms with van der Waals surface area (Å²) in [5, 5.41) is 16.2. The first-order valence-corrected chi connectivity index (χ1v) is 11.9. The second kappa shape index (κ2) is 10.7. The van der Waals surface area contributed by atoms with E-state index >= 15 is 0 Å². The minimum atomic E-state index is -1.12. The number of amides is 2. The van der Waals surface area contributed by atoms with Crippen LogP contribution in [0, 0.1) is 0 Å². The topological polar surface area (TPSA) is 121 Å². The quantitative estimate of drug-likeness (QED) is 0.418. The summed E-state index contributed by atoms with van der Waals surface area (Å²) in [5.74, 6) is -1.62. The fourth-order valence-electron chi connectivity index (χ4n) is 4.12. The molecule has 9 nitrogen and oxygen atoms in total. The van der Waals surface area contributed by atoms with Gasteiger partial charge in [0.25, 0.3) is 0 Å². The Labute approximate surface area is 206 Å². The molecule has 182 valence electrons. The van der Waals surface area contributed by atoms with E-state index in [4.69, 9.17) is 9.84 Å². The Balaban J connectivity index is 1.37. The van der Waals surface area contributed by atoms with Crippen LogP contribution in [0.25, 0.3) is 11.1 Å². The number of benzene rings is 2. The summed E-state index contributed by atoms with van der Waals surface area (Å²) in [6, 6.07) is 15.3. The molecule has 2 amide bonds. The van der Waals surface area contributed by atoms with Gasteiger partial charge in [-0.25, -0.2) is 14.6 Å². The van der Waals surface area contributed by atoms with Crippen molar-refractivity contribution in [2.45, 2.75) is 18.5 Å². The summed E-state index contributed by atoms with van der Waals surface area (Å²) >= 11 is 1.14. The highest BCUT2D eigenvalue weighted by atomic mass is 32.1. The first-order chi connectivity index (χ1) is 16.8.